The third-order valence-corrected chi connectivity index (χ3v) is 4.12. The van der Waals surface area contributed by atoms with Crippen molar-refractivity contribution in [2.45, 2.75) is 32.0 Å². The van der Waals surface area contributed by atoms with E-state index in [4.69, 9.17) is 14.2 Å². The number of aliphatic hydroxyl groups is 1. The molecule has 0 spiro atoms. The third-order valence-electron chi connectivity index (χ3n) is 4.12. The van der Waals surface area contributed by atoms with Crippen molar-refractivity contribution in [1.82, 2.24) is 10.6 Å². The van der Waals surface area contributed by atoms with Gasteiger partial charge in [-0.05, 0) is 37.5 Å². The molecule has 0 bridgehead atoms. The van der Waals surface area contributed by atoms with E-state index in [0.717, 1.165) is 43.9 Å². The van der Waals surface area contributed by atoms with Crippen LogP contribution in [0.5, 0.6) is 5.75 Å². The Hall–Kier alpha value is -1.10. The Balaban J connectivity index is 0.00000364. The summed E-state index contributed by atoms with van der Waals surface area (Å²) in [6.07, 6.45) is 1.47. The zero-order valence-electron chi connectivity index (χ0n) is 16.1. The summed E-state index contributed by atoms with van der Waals surface area (Å²) in [6.45, 7) is 6.04. The van der Waals surface area contributed by atoms with E-state index in [1.807, 2.05) is 31.2 Å². The molecule has 0 radical (unpaired) electrons. The lowest BCUT2D eigenvalue weighted by atomic mass is 10.1. The second kappa shape index (κ2) is 14.0. The van der Waals surface area contributed by atoms with E-state index in [2.05, 4.69) is 15.6 Å². The van der Waals surface area contributed by atoms with Crippen LogP contribution in [0, 0.1) is 0 Å². The van der Waals surface area contributed by atoms with E-state index in [0.29, 0.717) is 19.2 Å². The van der Waals surface area contributed by atoms with Crippen molar-refractivity contribution in [2.75, 3.05) is 46.6 Å². The molecule has 7 nitrogen and oxygen atoms in total. The topological polar surface area (TPSA) is 84.3 Å². The van der Waals surface area contributed by atoms with Crippen LogP contribution in [-0.4, -0.2) is 63.7 Å². The van der Waals surface area contributed by atoms with Crippen LogP contribution in [0.25, 0.3) is 0 Å². The van der Waals surface area contributed by atoms with Crippen molar-refractivity contribution in [3.05, 3.63) is 29.8 Å². The number of aliphatic hydroxyl groups excluding tert-OH is 1. The molecule has 0 saturated carbocycles. The molecule has 1 fully saturated rings. The lowest BCUT2D eigenvalue weighted by Crippen LogP contribution is -2.38. The zero-order valence-corrected chi connectivity index (χ0v) is 18.5. The second-order valence-corrected chi connectivity index (χ2v) is 6.15. The maximum Gasteiger partial charge on any atom is 0.191 e. The van der Waals surface area contributed by atoms with Crippen molar-refractivity contribution in [1.29, 1.82) is 0 Å². The van der Waals surface area contributed by atoms with Crippen LogP contribution < -0.4 is 15.4 Å². The first-order chi connectivity index (χ1) is 12.7. The van der Waals surface area contributed by atoms with Crippen LogP contribution in [-0.2, 0) is 9.47 Å². The summed E-state index contributed by atoms with van der Waals surface area (Å²) in [6, 6.07) is 7.37. The number of rotatable bonds is 10. The predicted molar refractivity (Wildman–Crippen MR) is 117 cm³/mol. The molecule has 2 rings (SSSR count). The largest absolute Gasteiger partial charge is 0.497 e. The lowest BCUT2D eigenvalue weighted by Gasteiger charge is -2.14. The molecule has 3 N–H and O–H groups in total. The monoisotopic (exact) mass is 493 g/mol. The number of nitrogens with one attached hydrogen (secondary N) is 2. The molecule has 8 heteroatoms. The third kappa shape index (κ3) is 9.09. The van der Waals surface area contributed by atoms with E-state index in [-0.39, 0.29) is 36.6 Å². The van der Waals surface area contributed by atoms with Gasteiger partial charge in [-0.25, -0.2) is 0 Å². The average Bonchev–Trinajstić information content (AvgIpc) is 3.19. The summed E-state index contributed by atoms with van der Waals surface area (Å²) in [5.74, 6) is 1.47. The van der Waals surface area contributed by atoms with Gasteiger partial charge in [0.15, 0.2) is 5.96 Å². The maximum atomic E-state index is 10.3. The van der Waals surface area contributed by atoms with E-state index in [9.17, 15) is 5.11 Å². The Morgan fingerprint density at radius 3 is 2.74 bits per heavy atom. The van der Waals surface area contributed by atoms with Crippen LogP contribution in [0.15, 0.2) is 29.3 Å². The molecule has 0 aromatic heterocycles. The quantitative estimate of drug-likeness (QED) is 0.201. The molecule has 27 heavy (non-hydrogen) atoms. The molecule has 1 aliphatic rings. The first kappa shape index (κ1) is 23.9. The maximum absolute atomic E-state index is 10.3. The van der Waals surface area contributed by atoms with Gasteiger partial charge < -0.3 is 30.0 Å². The molecule has 0 amide bonds. The van der Waals surface area contributed by atoms with Gasteiger partial charge in [-0.2, -0.15) is 0 Å². The minimum atomic E-state index is -0.651. The van der Waals surface area contributed by atoms with Crippen molar-refractivity contribution < 1.29 is 19.3 Å². The highest BCUT2D eigenvalue weighted by atomic mass is 127. The second-order valence-electron chi connectivity index (χ2n) is 6.15. The Morgan fingerprint density at radius 1 is 1.33 bits per heavy atom. The number of guanidine groups is 1. The molecule has 0 aliphatic carbocycles. The number of benzene rings is 1. The molecule has 1 heterocycles. The molecule has 1 aromatic carbocycles. The molecule has 1 aliphatic heterocycles. The molecule has 1 saturated heterocycles. The van der Waals surface area contributed by atoms with Gasteiger partial charge in [0.05, 0.1) is 32.5 Å². The Kier molecular flexibility index (Phi) is 12.4. The number of nitrogens with zero attached hydrogens (tertiary/aromatic N) is 1. The van der Waals surface area contributed by atoms with Gasteiger partial charge in [-0.1, -0.05) is 12.1 Å². The Bertz CT molecular complexity index is 536. The summed E-state index contributed by atoms with van der Waals surface area (Å²) in [7, 11) is 1.62. The van der Waals surface area contributed by atoms with Crippen LogP contribution >= 0.6 is 24.0 Å². The fourth-order valence-corrected chi connectivity index (χ4v) is 2.62. The Morgan fingerprint density at radius 2 is 2.11 bits per heavy atom. The van der Waals surface area contributed by atoms with Crippen LogP contribution in [0.4, 0.5) is 0 Å². The predicted octanol–water partition coefficient (Wildman–Crippen LogP) is 2.10. The smallest absolute Gasteiger partial charge is 0.191 e. The summed E-state index contributed by atoms with van der Waals surface area (Å²) in [5, 5.41) is 16.8. The van der Waals surface area contributed by atoms with Crippen molar-refractivity contribution in [3.8, 4) is 5.75 Å². The zero-order chi connectivity index (χ0) is 18.6. The number of hydrogen-bond donors (Lipinski definition) is 3. The highest BCUT2D eigenvalue weighted by Crippen LogP contribution is 2.17. The molecule has 2 unspecified atom stereocenters. The van der Waals surface area contributed by atoms with E-state index >= 15 is 0 Å². The first-order valence-corrected chi connectivity index (χ1v) is 9.26. The van der Waals surface area contributed by atoms with E-state index in [1.54, 1.807) is 7.11 Å². The summed E-state index contributed by atoms with van der Waals surface area (Å²) in [5.41, 5.74) is 0.817. The van der Waals surface area contributed by atoms with Crippen molar-refractivity contribution in [3.63, 3.8) is 0 Å². The minimum absolute atomic E-state index is 0. The fraction of sp³-hybridized carbons (Fsp3) is 0.632. The van der Waals surface area contributed by atoms with Gasteiger partial charge >= 0.3 is 0 Å². The molecule has 154 valence electrons. The van der Waals surface area contributed by atoms with Gasteiger partial charge in [-0.15, -0.1) is 24.0 Å². The highest BCUT2D eigenvalue weighted by molar-refractivity contribution is 14.0. The molecule has 2 atom stereocenters. The van der Waals surface area contributed by atoms with Gasteiger partial charge in [0.1, 0.15) is 5.75 Å². The molecular formula is C19H32IN3O4. The van der Waals surface area contributed by atoms with E-state index < -0.39 is 6.10 Å². The summed E-state index contributed by atoms with van der Waals surface area (Å²) >= 11 is 0. The Labute approximate surface area is 178 Å². The lowest BCUT2D eigenvalue weighted by molar-refractivity contribution is 0.0420. The van der Waals surface area contributed by atoms with Gasteiger partial charge in [0.25, 0.3) is 0 Å². The van der Waals surface area contributed by atoms with Crippen LogP contribution in [0.3, 0.4) is 0 Å². The van der Waals surface area contributed by atoms with Crippen LogP contribution in [0.1, 0.15) is 31.4 Å². The number of methoxy groups -OCH3 is 1. The number of halogens is 1. The normalized spacial score (nSPS) is 17.9. The highest BCUT2D eigenvalue weighted by Gasteiger charge is 2.15. The minimum Gasteiger partial charge on any atom is -0.497 e. The number of aliphatic imine (C=N–C) groups is 1. The first-order valence-electron chi connectivity index (χ1n) is 9.26. The van der Waals surface area contributed by atoms with Gasteiger partial charge in [0.2, 0.25) is 0 Å². The van der Waals surface area contributed by atoms with Gasteiger partial charge in [-0.3, -0.25) is 4.99 Å². The van der Waals surface area contributed by atoms with Crippen molar-refractivity contribution >= 4 is 29.9 Å². The number of hydrogen-bond acceptors (Lipinski definition) is 5. The number of ether oxygens (including phenoxy) is 3. The standard InChI is InChI=1S/C19H31N3O4.HI/c1-3-20-19(21-10-4-11-26-17-9-12-25-14-17)22-13-18(23)15-5-7-16(24-2)8-6-15;/h5-8,17-18,23H,3-4,9-14H2,1-2H3,(H2,20,21,22);1H. The molecular weight excluding hydrogens is 461 g/mol. The van der Waals surface area contributed by atoms with Crippen LogP contribution in [0.2, 0.25) is 0 Å². The van der Waals surface area contributed by atoms with E-state index in [1.165, 1.54) is 0 Å². The van der Waals surface area contributed by atoms with Gasteiger partial charge in [0, 0.05) is 26.3 Å². The SMILES string of the molecule is CCNC(=NCC(O)c1ccc(OC)cc1)NCCCOC1CCOC1.I. The summed E-state index contributed by atoms with van der Waals surface area (Å²) in [4.78, 5) is 4.46. The summed E-state index contributed by atoms with van der Waals surface area (Å²) < 4.78 is 16.2. The van der Waals surface area contributed by atoms with Crippen molar-refractivity contribution in [2.24, 2.45) is 4.99 Å². The molecule has 1 aromatic rings. The average molecular weight is 493 g/mol. The fourth-order valence-electron chi connectivity index (χ4n) is 2.62.